The third kappa shape index (κ3) is 2.58. The molecule has 21 heavy (non-hydrogen) atoms. The number of ether oxygens (including phenoxy) is 1. The summed E-state index contributed by atoms with van der Waals surface area (Å²) in [4.78, 5) is 21.1. The van der Waals surface area contributed by atoms with Gasteiger partial charge in [-0.05, 0) is 25.7 Å². The normalized spacial score (nSPS) is 25.0. The van der Waals surface area contributed by atoms with Gasteiger partial charge in [-0.25, -0.2) is 14.8 Å². The minimum Gasteiger partial charge on any atom is -0.477 e. The predicted octanol–water partition coefficient (Wildman–Crippen LogP) is 0.685. The maximum absolute atomic E-state index is 11.2. The number of carboxylic acid groups (broad SMARTS) is 1. The summed E-state index contributed by atoms with van der Waals surface area (Å²) in [6.07, 6.45) is 5.26. The Labute approximate surface area is 122 Å². The molecule has 0 aliphatic carbocycles. The molecule has 1 aromatic rings. The van der Waals surface area contributed by atoms with Crippen molar-refractivity contribution in [3.05, 3.63) is 18.1 Å². The Morgan fingerprint density at radius 2 is 2.19 bits per heavy atom. The first-order chi connectivity index (χ1) is 10.1. The molecule has 0 unspecified atom stereocenters. The minimum absolute atomic E-state index is 0.110. The average Bonchev–Trinajstić information content (AvgIpc) is 2.51. The fraction of sp³-hybridized carbons (Fsp3) is 0.643. The van der Waals surface area contributed by atoms with Gasteiger partial charge < -0.3 is 19.8 Å². The maximum Gasteiger partial charge on any atom is 0.341 e. The smallest absolute Gasteiger partial charge is 0.341 e. The van der Waals surface area contributed by atoms with Crippen LogP contribution in [0, 0.1) is 0 Å². The first-order valence-electron chi connectivity index (χ1n) is 7.23. The molecule has 0 bridgehead atoms. The second-order valence-electron chi connectivity index (χ2n) is 5.62. The van der Waals surface area contributed by atoms with E-state index in [0.717, 1.165) is 12.8 Å². The van der Waals surface area contributed by atoms with Crippen molar-refractivity contribution in [3.8, 4) is 0 Å². The van der Waals surface area contributed by atoms with Crippen LogP contribution in [0.5, 0.6) is 0 Å². The number of nitrogens with zero attached hydrogens (tertiary/aromatic N) is 3. The molecule has 1 atom stereocenters. The lowest BCUT2D eigenvalue weighted by atomic mass is 9.82. The zero-order valence-corrected chi connectivity index (χ0v) is 11.7. The highest BCUT2D eigenvalue weighted by Crippen LogP contribution is 2.36. The molecule has 2 aliphatic rings. The zero-order chi connectivity index (χ0) is 14.9. The summed E-state index contributed by atoms with van der Waals surface area (Å²) < 4.78 is 5.85. The van der Waals surface area contributed by atoms with Gasteiger partial charge in [-0.2, -0.15) is 0 Å². The molecule has 2 aliphatic heterocycles. The molecule has 2 N–H and O–H groups in total. The van der Waals surface area contributed by atoms with E-state index in [1.54, 1.807) is 0 Å². The quantitative estimate of drug-likeness (QED) is 0.828. The van der Waals surface area contributed by atoms with Crippen LogP contribution in [0.1, 0.15) is 36.0 Å². The number of aliphatic hydroxyl groups excluding tert-OH is 1. The highest BCUT2D eigenvalue weighted by molar-refractivity contribution is 5.92. The molecule has 3 heterocycles. The highest BCUT2D eigenvalue weighted by Gasteiger charge is 2.44. The summed E-state index contributed by atoms with van der Waals surface area (Å²) in [5, 5.41) is 19.4. The number of aromatic nitrogens is 2. The van der Waals surface area contributed by atoms with Crippen LogP contribution in [-0.4, -0.2) is 57.6 Å². The summed E-state index contributed by atoms with van der Waals surface area (Å²) in [7, 11) is 0. The molecule has 0 saturated carbocycles. The second-order valence-corrected chi connectivity index (χ2v) is 5.62. The topological polar surface area (TPSA) is 95.8 Å². The molecular formula is C14H19N3O4. The predicted molar refractivity (Wildman–Crippen MR) is 74.4 cm³/mol. The molecule has 0 amide bonds. The van der Waals surface area contributed by atoms with Crippen LogP contribution in [0.4, 0.5) is 5.82 Å². The van der Waals surface area contributed by atoms with Crippen LogP contribution in [0.25, 0.3) is 0 Å². The standard InChI is InChI=1S/C14H19N3O4/c18-11-2-1-7-21-14(11)3-5-17(6-4-14)12-10(13(19)20)8-15-9-16-12/h8-9,11,18H,1-7H2,(H,19,20)/t11-/m0/s1. The van der Waals surface area contributed by atoms with Crippen molar-refractivity contribution in [2.45, 2.75) is 37.4 Å². The Bertz CT molecular complexity index is 529. The van der Waals surface area contributed by atoms with Crippen LogP contribution < -0.4 is 4.90 Å². The summed E-state index contributed by atoms with van der Waals surface area (Å²) in [6, 6.07) is 0. The fourth-order valence-electron chi connectivity index (χ4n) is 3.21. The lowest BCUT2D eigenvalue weighted by molar-refractivity contribution is -0.164. The lowest BCUT2D eigenvalue weighted by Crippen LogP contribution is -2.55. The van der Waals surface area contributed by atoms with Gasteiger partial charge in [-0.15, -0.1) is 0 Å². The first kappa shape index (κ1) is 14.2. The summed E-state index contributed by atoms with van der Waals surface area (Å²) in [6.45, 7) is 1.92. The summed E-state index contributed by atoms with van der Waals surface area (Å²) in [5.74, 6) is -0.586. The van der Waals surface area contributed by atoms with E-state index in [1.807, 2.05) is 4.90 Å². The Kier molecular flexibility index (Phi) is 3.77. The molecular weight excluding hydrogens is 274 g/mol. The van der Waals surface area contributed by atoms with E-state index in [1.165, 1.54) is 12.5 Å². The van der Waals surface area contributed by atoms with Gasteiger partial charge >= 0.3 is 5.97 Å². The molecule has 1 spiro atoms. The van der Waals surface area contributed by atoms with Gasteiger partial charge in [0.2, 0.25) is 0 Å². The lowest BCUT2D eigenvalue weighted by Gasteiger charge is -2.47. The number of carbonyl (C=O) groups is 1. The monoisotopic (exact) mass is 293 g/mol. The SMILES string of the molecule is O=C(O)c1cncnc1N1CCC2(CC1)OCCC[C@@H]2O. The van der Waals surface area contributed by atoms with Gasteiger partial charge in [-0.3, -0.25) is 0 Å². The van der Waals surface area contributed by atoms with E-state index < -0.39 is 17.7 Å². The highest BCUT2D eigenvalue weighted by atomic mass is 16.5. The molecule has 2 fully saturated rings. The van der Waals surface area contributed by atoms with Crippen LogP contribution >= 0.6 is 0 Å². The van der Waals surface area contributed by atoms with E-state index in [4.69, 9.17) is 4.74 Å². The second kappa shape index (κ2) is 5.57. The Morgan fingerprint density at radius 3 is 2.86 bits per heavy atom. The molecule has 114 valence electrons. The van der Waals surface area contributed by atoms with Crippen molar-refractivity contribution < 1.29 is 19.7 Å². The van der Waals surface area contributed by atoms with E-state index in [9.17, 15) is 15.0 Å². The third-order valence-electron chi connectivity index (χ3n) is 4.45. The van der Waals surface area contributed by atoms with Gasteiger partial charge in [-0.1, -0.05) is 0 Å². The van der Waals surface area contributed by atoms with Gasteiger partial charge in [0, 0.05) is 25.9 Å². The fourth-order valence-corrected chi connectivity index (χ4v) is 3.21. The van der Waals surface area contributed by atoms with E-state index in [-0.39, 0.29) is 5.56 Å². The number of hydrogen-bond acceptors (Lipinski definition) is 6. The number of aromatic carboxylic acids is 1. The minimum atomic E-state index is -1.03. The molecule has 7 heteroatoms. The maximum atomic E-state index is 11.2. The van der Waals surface area contributed by atoms with E-state index in [0.29, 0.717) is 38.4 Å². The van der Waals surface area contributed by atoms with Gasteiger partial charge in [0.25, 0.3) is 0 Å². The molecule has 2 saturated heterocycles. The summed E-state index contributed by atoms with van der Waals surface area (Å²) in [5.41, 5.74) is -0.357. The number of hydrogen-bond donors (Lipinski definition) is 2. The van der Waals surface area contributed by atoms with E-state index >= 15 is 0 Å². The zero-order valence-electron chi connectivity index (χ0n) is 11.7. The Balaban J connectivity index is 1.76. The third-order valence-corrected chi connectivity index (χ3v) is 4.45. The van der Waals surface area contributed by atoms with Crippen molar-refractivity contribution >= 4 is 11.8 Å². The largest absolute Gasteiger partial charge is 0.477 e. The van der Waals surface area contributed by atoms with Crippen molar-refractivity contribution in [2.24, 2.45) is 0 Å². The molecule has 1 aromatic heterocycles. The van der Waals surface area contributed by atoms with Crippen LogP contribution in [-0.2, 0) is 4.74 Å². The van der Waals surface area contributed by atoms with Gasteiger partial charge in [0.1, 0.15) is 17.7 Å². The Hall–Kier alpha value is -1.73. The van der Waals surface area contributed by atoms with Crippen molar-refractivity contribution in [2.75, 3.05) is 24.6 Å². The number of rotatable bonds is 2. The van der Waals surface area contributed by atoms with Crippen LogP contribution in [0.3, 0.4) is 0 Å². The number of anilines is 1. The average molecular weight is 293 g/mol. The van der Waals surface area contributed by atoms with Gasteiger partial charge in [0.15, 0.2) is 0 Å². The van der Waals surface area contributed by atoms with Gasteiger partial charge in [0.05, 0.1) is 11.7 Å². The molecule has 7 nitrogen and oxygen atoms in total. The Morgan fingerprint density at radius 1 is 1.43 bits per heavy atom. The number of carboxylic acids is 1. The number of piperidine rings is 1. The van der Waals surface area contributed by atoms with Crippen LogP contribution in [0.2, 0.25) is 0 Å². The molecule has 0 aromatic carbocycles. The number of aliphatic hydroxyl groups is 1. The van der Waals surface area contributed by atoms with Crippen molar-refractivity contribution in [1.29, 1.82) is 0 Å². The summed E-state index contributed by atoms with van der Waals surface area (Å²) >= 11 is 0. The molecule has 0 radical (unpaired) electrons. The molecule has 3 rings (SSSR count). The van der Waals surface area contributed by atoms with Crippen LogP contribution in [0.15, 0.2) is 12.5 Å². The van der Waals surface area contributed by atoms with Crippen molar-refractivity contribution in [1.82, 2.24) is 9.97 Å². The van der Waals surface area contributed by atoms with Crippen molar-refractivity contribution in [3.63, 3.8) is 0 Å². The first-order valence-corrected chi connectivity index (χ1v) is 7.23. The van der Waals surface area contributed by atoms with E-state index in [2.05, 4.69) is 9.97 Å².